The van der Waals surface area contributed by atoms with Crippen LogP contribution >= 0.6 is 0 Å². The van der Waals surface area contributed by atoms with Crippen LogP contribution in [0.1, 0.15) is 75.2 Å². The van der Waals surface area contributed by atoms with Crippen molar-refractivity contribution in [2.24, 2.45) is 0 Å². The van der Waals surface area contributed by atoms with Gasteiger partial charge in [0.1, 0.15) is 5.76 Å². The predicted octanol–water partition coefficient (Wildman–Crippen LogP) is 5.50. The lowest BCUT2D eigenvalue weighted by molar-refractivity contribution is 0.0670. The molecule has 2 aromatic heterocycles. The molecule has 1 aliphatic carbocycles. The van der Waals surface area contributed by atoms with E-state index in [4.69, 9.17) is 9.40 Å². The van der Waals surface area contributed by atoms with E-state index >= 15 is 0 Å². The maximum Gasteiger partial charge on any atom is 0.289 e. The second-order valence-corrected chi connectivity index (χ2v) is 9.01. The summed E-state index contributed by atoms with van der Waals surface area (Å²) in [5.74, 6) is 1.20. The number of amides is 1. The van der Waals surface area contributed by atoms with Gasteiger partial charge in [-0.25, -0.2) is 0 Å². The van der Waals surface area contributed by atoms with E-state index in [1.165, 1.54) is 5.56 Å². The lowest BCUT2D eigenvalue weighted by atomic mass is 9.91. The molecule has 0 saturated carbocycles. The molecule has 3 aromatic rings. The molecule has 32 heavy (non-hydrogen) atoms. The van der Waals surface area contributed by atoms with Crippen molar-refractivity contribution < 1.29 is 14.0 Å². The van der Waals surface area contributed by atoms with Crippen LogP contribution in [0.25, 0.3) is 11.1 Å². The standard InChI is InChI=1S/C27H28N2O3/c1-17-14-21(19-8-4-3-5-9-19)15-22(28-17)20-10-7-13-29(16-20)27(31)26-18(2)25-23(30)11-6-12-24(25)32-26/h3-5,8-9,14-15,20H,6-7,10-13,16H2,1-2H3. The molecule has 1 fully saturated rings. The smallest absolute Gasteiger partial charge is 0.289 e. The predicted molar refractivity (Wildman–Crippen MR) is 123 cm³/mol. The van der Waals surface area contributed by atoms with E-state index < -0.39 is 0 Å². The molecule has 0 bridgehead atoms. The lowest BCUT2D eigenvalue weighted by Gasteiger charge is -2.32. The monoisotopic (exact) mass is 428 g/mol. The number of aromatic nitrogens is 1. The number of fused-ring (bicyclic) bond motifs is 1. The molecule has 3 heterocycles. The Kier molecular flexibility index (Phi) is 5.41. The van der Waals surface area contributed by atoms with Gasteiger partial charge in [0.25, 0.3) is 5.91 Å². The summed E-state index contributed by atoms with van der Waals surface area (Å²) in [6.07, 6.45) is 3.98. The van der Waals surface area contributed by atoms with Gasteiger partial charge < -0.3 is 9.32 Å². The van der Waals surface area contributed by atoms with Crippen molar-refractivity contribution in [3.05, 3.63) is 76.5 Å². The number of pyridine rings is 1. The maximum absolute atomic E-state index is 13.4. The summed E-state index contributed by atoms with van der Waals surface area (Å²) < 4.78 is 5.93. The fraction of sp³-hybridized carbons (Fsp3) is 0.370. The second-order valence-electron chi connectivity index (χ2n) is 9.01. The fourth-order valence-electron chi connectivity index (χ4n) is 5.10. The van der Waals surface area contributed by atoms with Crippen LogP contribution in [-0.2, 0) is 6.42 Å². The first kappa shape index (κ1) is 20.7. The third-order valence-electron chi connectivity index (χ3n) is 6.71. The zero-order valence-electron chi connectivity index (χ0n) is 18.7. The summed E-state index contributed by atoms with van der Waals surface area (Å²) in [6.45, 7) is 5.18. The number of benzene rings is 1. The van der Waals surface area contributed by atoms with E-state index in [0.29, 0.717) is 42.2 Å². The fourth-order valence-corrected chi connectivity index (χ4v) is 5.10. The van der Waals surface area contributed by atoms with Crippen molar-refractivity contribution in [1.29, 1.82) is 0 Å². The highest BCUT2D eigenvalue weighted by molar-refractivity contribution is 6.03. The number of piperidine rings is 1. The number of furan rings is 1. The van der Waals surface area contributed by atoms with Crippen LogP contribution in [0, 0.1) is 13.8 Å². The van der Waals surface area contributed by atoms with Crippen molar-refractivity contribution in [2.75, 3.05) is 13.1 Å². The zero-order valence-corrected chi connectivity index (χ0v) is 18.7. The summed E-state index contributed by atoms with van der Waals surface area (Å²) in [4.78, 5) is 32.4. The zero-order chi connectivity index (χ0) is 22.2. The van der Waals surface area contributed by atoms with Crippen LogP contribution in [-0.4, -0.2) is 34.7 Å². The number of ketones is 1. The lowest BCUT2D eigenvalue weighted by Crippen LogP contribution is -2.39. The Morgan fingerprint density at radius 2 is 1.88 bits per heavy atom. The molecule has 1 aromatic carbocycles. The van der Waals surface area contributed by atoms with E-state index in [2.05, 4.69) is 24.3 Å². The first-order valence-corrected chi connectivity index (χ1v) is 11.5. The van der Waals surface area contributed by atoms with Gasteiger partial charge in [0.15, 0.2) is 11.5 Å². The molecule has 0 radical (unpaired) electrons. The molecular formula is C27H28N2O3. The Labute approximate surface area is 188 Å². The summed E-state index contributed by atoms with van der Waals surface area (Å²) in [7, 11) is 0. The van der Waals surface area contributed by atoms with Crippen LogP contribution in [0.2, 0.25) is 0 Å². The molecule has 2 aliphatic rings. The van der Waals surface area contributed by atoms with Gasteiger partial charge in [0.05, 0.1) is 5.56 Å². The van der Waals surface area contributed by atoms with E-state index in [0.717, 1.165) is 42.6 Å². The number of nitrogens with zero attached hydrogens (tertiary/aromatic N) is 2. The number of likely N-dealkylation sites (tertiary alicyclic amines) is 1. The van der Waals surface area contributed by atoms with Gasteiger partial charge in [0.2, 0.25) is 0 Å². The van der Waals surface area contributed by atoms with Crippen LogP contribution in [0.4, 0.5) is 0 Å². The van der Waals surface area contributed by atoms with Gasteiger partial charge >= 0.3 is 0 Å². The number of Topliss-reactive ketones (excluding diaryl/α,β-unsaturated/α-hetero) is 1. The molecule has 1 saturated heterocycles. The largest absolute Gasteiger partial charge is 0.455 e. The van der Waals surface area contributed by atoms with Gasteiger partial charge in [-0.15, -0.1) is 0 Å². The number of hydrogen-bond acceptors (Lipinski definition) is 4. The van der Waals surface area contributed by atoms with E-state index in [1.807, 2.05) is 36.9 Å². The summed E-state index contributed by atoms with van der Waals surface area (Å²) in [5.41, 5.74) is 5.69. The molecule has 164 valence electrons. The Morgan fingerprint density at radius 3 is 2.66 bits per heavy atom. The van der Waals surface area contributed by atoms with Gasteiger partial charge in [-0.2, -0.15) is 0 Å². The minimum atomic E-state index is -0.106. The Balaban J connectivity index is 1.40. The van der Waals surface area contributed by atoms with Crippen LogP contribution in [0.5, 0.6) is 0 Å². The SMILES string of the molecule is Cc1cc(-c2ccccc2)cc(C2CCCN(C(=O)c3oc4c(c3C)C(=O)CCC4)C2)n1. The van der Waals surface area contributed by atoms with Gasteiger partial charge in [-0.05, 0) is 56.4 Å². The van der Waals surface area contributed by atoms with Crippen molar-refractivity contribution in [3.63, 3.8) is 0 Å². The second kappa shape index (κ2) is 8.38. The molecule has 1 atom stereocenters. The molecule has 0 spiro atoms. The van der Waals surface area contributed by atoms with Crippen molar-refractivity contribution in [1.82, 2.24) is 9.88 Å². The number of carbonyl (C=O) groups is 2. The molecular weight excluding hydrogens is 400 g/mol. The minimum absolute atomic E-state index is 0.0977. The summed E-state index contributed by atoms with van der Waals surface area (Å²) >= 11 is 0. The Morgan fingerprint density at radius 1 is 1.06 bits per heavy atom. The molecule has 1 amide bonds. The van der Waals surface area contributed by atoms with Crippen molar-refractivity contribution in [2.45, 2.75) is 51.9 Å². The average molecular weight is 429 g/mol. The highest BCUT2D eigenvalue weighted by Gasteiger charge is 2.33. The quantitative estimate of drug-likeness (QED) is 0.553. The normalized spacial score (nSPS) is 18.5. The summed E-state index contributed by atoms with van der Waals surface area (Å²) in [6, 6.07) is 14.6. The Bertz CT molecular complexity index is 1180. The maximum atomic E-state index is 13.4. The number of aryl methyl sites for hydroxylation is 2. The van der Waals surface area contributed by atoms with E-state index in [-0.39, 0.29) is 17.6 Å². The minimum Gasteiger partial charge on any atom is -0.455 e. The molecule has 5 rings (SSSR count). The number of carbonyl (C=O) groups excluding carboxylic acids is 2. The van der Waals surface area contributed by atoms with Crippen LogP contribution in [0.3, 0.4) is 0 Å². The van der Waals surface area contributed by atoms with Crippen molar-refractivity contribution in [3.8, 4) is 11.1 Å². The van der Waals surface area contributed by atoms with Gasteiger partial charge in [0, 0.05) is 48.8 Å². The summed E-state index contributed by atoms with van der Waals surface area (Å²) in [5, 5.41) is 0. The first-order chi connectivity index (χ1) is 15.5. The highest BCUT2D eigenvalue weighted by atomic mass is 16.4. The molecule has 5 nitrogen and oxygen atoms in total. The van der Waals surface area contributed by atoms with Gasteiger partial charge in [-0.1, -0.05) is 30.3 Å². The van der Waals surface area contributed by atoms with E-state index in [9.17, 15) is 9.59 Å². The molecule has 0 N–H and O–H groups in total. The molecule has 5 heteroatoms. The third kappa shape index (κ3) is 3.77. The van der Waals surface area contributed by atoms with Crippen molar-refractivity contribution >= 4 is 11.7 Å². The molecule has 1 aliphatic heterocycles. The molecule has 1 unspecified atom stereocenters. The Hall–Kier alpha value is -3.21. The average Bonchev–Trinajstić information content (AvgIpc) is 3.16. The van der Waals surface area contributed by atoms with Crippen LogP contribution in [0.15, 0.2) is 46.9 Å². The first-order valence-electron chi connectivity index (χ1n) is 11.5. The topological polar surface area (TPSA) is 63.4 Å². The number of rotatable bonds is 3. The third-order valence-corrected chi connectivity index (χ3v) is 6.71. The van der Waals surface area contributed by atoms with E-state index in [1.54, 1.807) is 0 Å². The van der Waals surface area contributed by atoms with Gasteiger partial charge in [-0.3, -0.25) is 14.6 Å². The van der Waals surface area contributed by atoms with Crippen LogP contribution < -0.4 is 0 Å². The number of hydrogen-bond donors (Lipinski definition) is 0. The highest BCUT2D eigenvalue weighted by Crippen LogP contribution is 2.33.